The van der Waals surface area contributed by atoms with Gasteiger partial charge in [0.05, 0.1) is 6.20 Å². The van der Waals surface area contributed by atoms with Crippen molar-refractivity contribution in [1.29, 1.82) is 0 Å². The molecule has 7 nitrogen and oxygen atoms in total. The zero-order valence-corrected chi connectivity index (χ0v) is 8.86. The number of aliphatic carboxylic acids is 1. The number of nitrogens with one attached hydrogen (secondary N) is 1. The van der Waals surface area contributed by atoms with Crippen molar-refractivity contribution in [1.82, 2.24) is 14.5 Å². The van der Waals surface area contributed by atoms with Gasteiger partial charge < -0.3 is 5.11 Å². The van der Waals surface area contributed by atoms with E-state index in [2.05, 4.69) is 9.82 Å². The fourth-order valence-corrected chi connectivity index (χ4v) is 1.97. The van der Waals surface area contributed by atoms with E-state index in [1.807, 2.05) is 0 Å². The molecule has 8 heteroatoms. The molecular formula is C7H11N3O4S. The van der Waals surface area contributed by atoms with Gasteiger partial charge in [0, 0.05) is 12.7 Å². The predicted molar refractivity (Wildman–Crippen MR) is 50.7 cm³/mol. The van der Waals surface area contributed by atoms with Crippen LogP contribution in [0.2, 0.25) is 0 Å². The number of sulfonamides is 1. The fourth-order valence-electron chi connectivity index (χ4n) is 0.982. The third-order valence-electron chi connectivity index (χ3n) is 1.55. The van der Waals surface area contributed by atoms with Gasteiger partial charge in [0.25, 0.3) is 0 Å². The lowest BCUT2D eigenvalue weighted by atomic mass is 10.6. The number of aromatic nitrogens is 2. The Morgan fingerprint density at radius 2 is 2.33 bits per heavy atom. The highest BCUT2D eigenvalue weighted by molar-refractivity contribution is 7.89. The highest BCUT2D eigenvalue weighted by Gasteiger charge is 2.15. The van der Waals surface area contributed by atoms with Crippen LogP contribution in [0, 0.1) is 0 Å². The highest BCUT2D eigenvalue weighted by Crippen LogP contribution is 2.06. The van der Waals surface area contributed by atoms with Crippen molar-refractivity contribution >= 4 is 16.0 Å². The summed E-state index contributed by atoms with van der Waals surface area (Å²) in [7, 11) is -3.55. The summed E-state index contributed by atoms with van der Waals surface area (Å²) in [6.07, 6.45) is 2.28. The summed E-state index contributed by atoms with van der Waals surface area (Å²) in [5.41, 5.74) is 0. The van der Waals surface area contributed by atoms with E-state index in [9.17, 15) is 13.2 Å². The van der Waals surface area contributed by atoms with E-state index in [0.29, 0.717) is 0 Å². The van der Waals surface area contributed by atoms with Crippen molar-refractivity contribution in [3.63, 3.8) is 0 Å². The van der Waals surface area contributed by atoms with Gasteiger partial charge in [0.15, 0.2) is 0 Å². The van der Waals surface area contributed by atoms with Crippen molar-refractivity contribution in [3.8, 4) is 0 Å². The van der Waals surface area contributed by atoms with Gasteiger partial charge >= 0.3 is 5.97 Å². The van der Waals surface area contributed by atoms with E-state index in [4.69, 9.17) is 5.11 Å². The molecule has 0 saturated heterocycles. The third-order valence-corrected chi connectivity index (χ3v) is 3.05. The zero-order valence-electron chi connectivity index (χ0n) is 8.04. The summed E-state index contributed by atoms with van der Waals surface area (Å²) in [5.74, 6) is -1.08. The lowest BCUT2D eigenvalue weighted by Crippen LogP contribution is -2.22. The Morgan fingerprint density at radius 1 is 1.67 bits per heavy atom. The Hall–Kier alpha value is -1.41. The molecule has 1 aromatic heterocycles. The van der Waals surface area contributed by atoms with Gasteiger partial charge in [0.2, 0.25) is 10.0 Å². The predicted octanol–water partition coefficient (Wildman–Crippen LogP) is -0.734. The molecule has 0 atom stereocenters. The lowest BCUT2D eigenvalue weighted by molar-refractivity contribution is -0.137. The summed E-state index contributed by atoms with van der Waals surface area (Å²) in [6, 6.07) is 0. The SMILES string of the molecule is CCNS(=O)(=O)c1cnn(CC(=O)O)c1. The van der Waals surface area contributed by atoms with Crippen LogP contribution in [0.3, 0.4) is 0 Å². The van der Waals surface area contributed by atoms with Crippen LogP contribution in [-0.2, 0) is 21.4 Å². The first-order chi connectivity index (χ1) is 6.95. The molecule has 0 aliphatic carbocycles. The van der Waals surface area contributed by atoms with Gasteiger partial charge in [-0.05, 0) is 0 Å². The van der Waals surface area contributed by atoms with Crippen molar-refractivity contribution < 1.29 is 18.3 Å². The summed E-state index contributed by atoms with van der Waals surface area (Å²) < 4.78 is 26.2. The minimum atomic E-state index is -3.55. The van der Waals surface area contributed by atoms with Crippen LogP contribution < -0.4 is 4.72 Å². The Morgan fingerprint density at radius 3 is 2.87 bits per heavy atom. The molecule has 0 fully saturated rings. The summed E-state index contributed by atoms with van der Waals surface area (Å²) in [6.45, 7) is 1.56. The second-order valence-corrected chi connectivity index (χ2v) is 4.54. The molecule has 0 aromatic carbocycles. The van der Waals surface area contributed by atoms with Crippen LogP contribution >= 0.6 is 0 Å². The van der Waals surface area contributed by atoms with E-state index in [1.54, 1.807) is 6.92 Å². The Balaban J connectivity index is 2.89. The second kappa shape index (κ2) is 4.41. The minimum Gasteiger partial charge on any atom is -0.480 e. The lowest BCUT2D eigenvalue weighted by Gasteiger charge is -1.99. The summed E-state index contributed by atoms with van der Waals surface area (Å²) >= 11 is 0. The van der Waals surface area contributed by atoms with Crippen molar-refractivity contribution in [2.45, 2.75) is 18.4 Å². The number of hydrogen-bond acceptors (Lipinski definition) is 4. The maximum absolute atomic E-state index is 11.4. The van der Waals surface area contributed by atoms with Gasteiger partial charge in [-0.1, -0.05) is 6.92 Å². The molecule has 0 aliphatic rings. The molecule has 1 heterocycles. The standard InChI is InChI=1S/C7H11N3O4S/c1-2-9-15(13,14)6-3-8-10(4-6)5-7(11)12/h3-4,9H,2,5H2,1H3,(H,11,12). The molecule has 15 heavy (non-hydrogen) atoms. The maximum Gasteiger partial charge on any atom is 0.325 e. The maximum atomic E-state index is 11.4. The Labute approximate surface area is 86.8 Å². The molecule has 1 rings (SSSR count). The van der Waals surface area contributed by atoms with Crippen molar-refractivity contribution in [3.05, 3.63) is 12.4 Å². The smallest absolute Gasteiger partial charge is 0.325 e. The van der Waals surface area contributed by atoms with Crippen LogP contribution in [0.25, 0.3) is 0 Å². The number of nitrogens with zero attached hydrogens (tertiary/aromatic N) is 2. The first-order valence-corrected chi connectivity index (χ1v) is 5.68. The minimum absolute atomic E-state index is 0.0365. The first-order valence-electron chi connectivity index (χ1n) is 4.19. The van der Waals surface area contributed by atoms with Gasteiger partial charge in [-0.3, -0.25) is 9.48 Å². The molecular weight excluding hydrogens is 222 g/mol. The quantitative estimate of drug-likeness (QED) is 0.698. The van der Waals surface area contributed by atoms with Crippen molar-refractivity contribution in [2.75, 3.05) is 6.54 Å². The molecule has 0 saturated carbocycles. The average molecular weight is 233 g/mol. The van der Waals surface area contributed by atoms with Gasteiger partial charge in [-0.2, -0.15) is 5.10 Å². The fraction of sp³-hybridized carbons (Fsp3) is 0.429. The van der Waals surface area contributed by atoms with E-state index >= 15 is 0 Å². The third kappa shape index (κ3) is 3.03. The van der Waals surface area contributed by atoms with Crippen molar-refractivity contribution in [2.24, 2.45) is 0 Å². The molecule has 0 bridgehead atoms. The van der Waals surface area contributed by atoms with E-state index < -0.39 is 16.0 Å². The molecule has 0 aliphatic heterocycles. The van der Waals surface area contributed by atoms with Gasteiger partial charge in [-0.15, -0.1) is 0 Å². The molecule has 0 amide bonds. The van der Waals surface area contributed by atoms with Gasteiger partial charge in [0.1, 0.15) is 11.4 Å². The van der Waals surface area contributed by atoms with Crippen LogP contribution in [-0.4, -0.2) is 35.8 Å². The van der Waals surface area contributed by atoms with E-state index in [1.165, 1.54) is 6.20 Å². The topological polar surface area (TPSA) is 101 Å². The number of hydrogen-bond donors (Lipinski definition) is 2. The van der Waals surface area contributed by atoms with Crippen LogP contribution in [0.15, 0.2) is 17.3 Å². The molecule has 2 N–H and O–H groups in total. The number of carboxylic acid groups (broad SMARTS) is 1. The summed E-state index contributed by atoms with van der Waals surface area (Å²) in [4.78, 5) is 10.3. The van der Waals surface area contributed by atoms with E-state index in [-0.39, 0.29) is 18.0 Å². The van der Waals surface area contributed by atoms with Crippen LogP contribution in [0.1, 0.15) is 6.92 Å². The monoisotopic (exact) mass is 233 g/mol. The first kappa shape index (κ1) is 11.7. The summed E-state index contributed by atoms with van der Waals surface area (Å²) in [5, 5.41) is 12.1. The molecule has 0 spiro atoms. The Bertz CT molecular complexity index is 451. The molecule has 84 valence electrons. The Kier molecular flexibility index (Phi) is 3.43. The normalized spacial score (nSPS) is 11.5. The van der Waals surface area contributed by atoms with E-state index in [0.717, 1.165) is 10.9 Å². The number of rotatable bonds is 5. The molecule has 0 radical (unpaired) electrons. The largest absolute Gasteiger partial charge is 0.480 e. The number of carboxylic acids is 1. The molecule has 0 unspecified atom stereocenters. The van der Waals surface area contributed by atoms with Crippen LogP contribution in [0.4, 0.5) is 0 Å². The van der Waals surface area contributed by atoms with Gasteiger partial charge in [-0.25, -0.2) is 13.1 Å². The molecule has 1 aromatic rings. The number of carbonyl (C=O) groups is 1. The average Bonchev–Trinajstić information content (AvgIpc) is 2.51. The van der Waals surface area contributed by atoms with Crippen LogP contribution in [0.5, 0.6) is 0 Å². The second-order valence-electron chi connectivity index (χ2n) is 2.77. The zero-order chi connectivity index (χ0) is 11.5. The highest BCUT2D eigenvalue weighted by atomic mass is 32.2.